The molecule has 0 N–H and O–H groups in total. The standard InChI is InChI=1S/C23H25NS2/c1-25-22(18-13-7-4-8-14-18)24-21(17-11-5-3-6-12-17)19-15-9-10-16-20(19)23(24)26-2/h3-8,11-14,22H,9-10,15-16H2,1-2H3. The van der Waals surface area contributed by atoms with Crippen LogP contribution in [-0.4, -0.2) is 17.1 Å². The molecule has 0 fully saturated rings. The molecule has 4 rings (SSSR count). The molecule has 0 bridgehead atoms. The Balaban J connectivity index is 1.99. The molecule has 1 unspecified atom stereocenters. The molecule has 26 heavy (non-hydrogen) atoms. The second kappa shape index (κ2) is 7.98. The summed E-state index contributed by atoms with van der Waals surface area (Å²) < 4.78 is 2.62. The highest BCUT2D eigenvalue weighted by molar-refractivity contribution is 7.99. The third-order valence-corrected chi connectivity index (χ3v) is 7.01. The largest absolute Gasteiger partial charge is 0.318 e. The Morgan fingerprint density at radius 2 is 1.42 bits per heavy atom. The molecular weight excluding hydrogens is 354 g/mol. The fourth-order valence-corrected chi connectivity index (χ4v) is 5.94. The van der Waals surface area contributed by atoms with Gasteiger partial charge in [-0.1, -0.05) is 60.7 Å². The van der Waals surface area contributed by atoms with Gasteiger partial charge in [-0.3, -0.25) is 0 Å². The SMILES string of the molecule is CSc1c2c(c(-c3ccccc3)n1C(SC)c1ccccc1)CCCC2. The van der Waals surface area contributed by atoms with E-state index in [1.807, 2.05) is 23.5 Å². The molecule has 0 spiro atoms. The maximum absolute atomic E-state index is 2.62. The van der Waals surface area contributed by atoms with E-state index < -0.39 is 0 Å². The summed E-state index contributed by atoms with van der Waals surface area (Å²) in [5.41, 5.74) is 7.34. The highest BCUT2D eigenvalue weighted by Gasteiger charge is 2.29. The van der Waals surface area contributed by atoms with Crippen molar-refractivity contribution in [2.75, 3.05) is 12.5 Å². The zero-order valence-corrected chi connectivity index (χ0v) is 17.1. The fourth-order valence-electron chi connectivity index (χ4n) is 4.16. The van der Waals surface area contributed by atoms with Gasteiger partial charge in [0.1, 0.15) is 5.37 Å². The van der Waals surface area contributed by atoms with Crippen LogP contribution in [0.1, 0.15) is 34.9 Å². The van der Waals surface area contributed by atoms with Gasteiger partial charge in [0, 0.05) is 0 Å². The number of aromatic nitrogens is 1. The monoisotopic (exact) mass is 379 g/mol. The van der Waals surface area contributed by atoms with E-state index >= 15 is 0 Å². The van der Waals surface area contributed by atoms with Crippen molar-refractivity contribution in [1.82, 2.24) is 4.57 Å². The highest BCUT2D eigenvalue weighted by Crippen LogP contribution is 2.45. The molecule has 1 nitrogen and oxygen atoms in total. The van der Waals surface area contributed by atoms with Gasteiger partial charge in [-0.05, 0) is 60.4 Å². The molecule has 3 heteroatoms. The second-order valence-corrected chi connectivity index (χ2v) is 8.47. The number of nitrogens with zero attached hydrogens (tertiary/aromatic N) is 1. The molecular formula is C23H25NS2. The molecule has 1 heterocycles. The summed E-state index contributed by atoms with van der Waals surface area (Å²) in [6.07, 6.45) is 9.51. The van der Waals surface area contributed by atoms with Crippen molar-refractivity contribution in [2.45, 2.75) is 36.1 Å². The van der Waals surface area contributed by atoms with Crippen molar-refractivity contribution >= 4 is 23.5 Å². The Labute approximate surface area is 165 Å². The van der Waals surface area contributed by atoms with Gasteiger partial charge in [-0.15, -0.1) is 23.5 Å². The van der Waals surface area contributed by atoms with E-state index in [2.05, 4.69) is 77.7 Å². The van der Waals surface area contributed by atoms with Crippen LogP contribution in [0.4, 0.5) is 0 Å². The van der Waals surface area contributed by atoms with E-state index in [-0.39, 0.29) is 0 Å². The van der Waals surface area contributed by atoms with Crippen LogP contribution in [-0.2, 0) is 12.8 Å². The molecule has 1 aromatic heterocycles. The van der Waals surface area contributed by atoms with Crippen molar-refractivity contribution in [2.24, 2.45) is 0 Å². The van der Waals surface area contributed by atoms with E-state index in [4.69, 9.17) is 0 Å². The molecule has 0 amide bonds. The number of fused-ring (bicyclic) bond motifs is 1. The summed E-state index contributed by atoms with van der Waals surface area (Å²) in [6, 6.07) is 21.9. The first-order chi connectivity index (χ1) is 12.8. The molecule has 1 aliphatic rings. The second-order valence-electron chi connectivity index (χ2n) is 6.76. The van der Waals surface area contributed by atoms with Crippen LogP contribution in [0.2, 0.25) is 0 Å². The first kappa shape index (κ1) is 17.8. The molecule has 134 valence electrons. The molecule has 0 saturated heterocycles. The summed E-state index contributed by atoms with van der Waals surface area (Å²) >= 11 is 3.84. The van der Waals surface area contributed by atoms with Gasteiger partial charge in [-0.25, -0.2) is 0 Å². The quantitative estimate of drug-likeness (QED) is 0.456. The topological polar surface area (TPSA) is 4.93 Å². The molecule has 1 aliphatic carbocycles. The smallest absolute Gasteiger partial charge is 0.106 e. The van der Waals surface area contributed by atoms with Crippen molar-refractivity contribution in [3.8, 4) is 11.3 Å². The molecule has 0 aliphatic heterocycles. The molecule has 1 atom stereocenters. The van der Waals surface area contributed by atoms with E-state index in [0.717, 1.165) is 0 Å². The maximum atomic E-state index is 2.62. The summed E-state index contributed by atoms with van der Waals surface area (Å²) in [5, 5.41) is 1.77. The van der Waals surface area contributed by atoms with E-state index in [1.54, 1.807) is 11.1 Å². The van der Waals surface area contributed by atoms with Gasteiger partial charge in [0.15, 0.2) is 0 Å². The highest BCUT2D eigenvalue weighted by atomic mass is 32.2. The lowest BCUT2D eigenvalue weighted by molar-refractivity contribution is 0.673. The van der Waals surface area contributed by atoms with Crippen molar-refractivity contribution < 1.29 is 0 Å². The average Bonchev–Trinajstić information content (AvgIpc) is 3.04. The third kappa shape index (κ3) is 3.12. The number of rotatable bonds is 5. The van der Waals surface area contributed by atoms with Gasteiger partial charge in [0.25, 0.3) is 0 Å². The molecule has 0 saturated carbocycles. The predicted molar refractivity (Wildman–Crippen MR) is 116 cm³/mol. The normalized spacial score (nSPS) is 14.8. The Morgan fingerprint density at radius 3 is 2.04 bits per heavy atom. The number of hydrogen-bond acceptors (Lipinski definition) is 2. The summed E-state index contributed by atoms with van der Waals surface area (Å²) in [6.45, 7) is 0. The van der Waals surface area contributed by atoms with Crippen LogP contribution < -0.4 is 0 Å². The lowest BCUT2D eigenvalue weighted by Crippen LogP contribution is -2.10. The van der Waals surface area contributed by atoms with Gasteiger partial charge >= 0.3 is 0 Å². The van der Waals surface area contributed by atoms with Gasteiger partial charge < -0.3 is 4.57 Å². The van der Waals surface area contributed by atoms with Crippen molar-refractivity contribution in [3.05, 3.63) is 77.4 Å². The lowest BCUT2D eigenvalue weighted by atomic mass is 9.92. The first-order valence-corrected chi connectivity index (χ1v) is 11.8. The van der Waals surface area contributed by atoms with Crippen molar-refractivity contribution in [3.63, 3.8) is 0 Å². The van der Waals surface area contributed by atoms with Crippen LogP contribution in [0.5, 0.6) is 0 Å². The number of thioether (sulfide) groups is 2. The van der Waals surface area contributed by atoms with Crippen molar-refractivity contribution in [1.29, 1.82) is 0 Å². The Hall–Kier alpha value is -1.58. The lowest BCUT2D eigenvalue weighted by Gasteiger charge is -2.23. The Bertz CT molecular complexity index is 868. The van der Waals surface area contributed by atoms with Gasteiger partial charge in [0.2, 0.25) is 0 Å². The van der Waals surface area contributed by atoms with Crippen LogP contribution in [0, 0.1) is 0 Å². The number of benzene rings is 2. The third-order valence-electron chi connectivity index (χ3n) is 5.25. The van der Waals surface area contributed by atoms with Crippen LogP contribution in [0.3, 0.4) is 0 Å². The predicted octanol–water partition coefficient (Wildman–Crippen LogP) is 6.67. The summed E-state index contributed by atoms with van der Waals surface area (Å²) in [5.74, 6) is 0. The van der Waals surface area contributed by atoms with Crippen LogP contribution in [0.25, 0.3) is 11.3 Å². The van der Waals surface area contributed by atoms with E-state index in [1.165, 1.54) is 47.5 Å². The van der Waals surface area contributed by atoms with Gasteiger partial charge in [-0.2, -0.15) is 0 Å². The Morgan fingerprint density at radius 1 is 0.808 bits per heavy atom. The minimum absolute atomic E-state index is 0.305. The van der Waals surface area contributed by atoms with E-state index in [0.29, 0.717) is 5.37 Å². The first-order valence-electron chi connectivity index (χ1n) is 9.28. The molecule has 0 radical (unpaired) electrons. The average molecular weight is 380 g/mol. The minimum Gasteiger partial charge on any atom is -0.318 e. The van der Waals surface area contributed by atoms with E-state index in [9.17, 15) is 0 Å². The number of hydrogen-bond donors (Lipinski definition) is 0. The molecule has 2 aromatic carbocycles. The zero-order valence-electron chi connectivity index (χ0n) is 15.4. The van der Waals surface area contributed by atoms with Crippen LogP contribution >= 0.6 is 23.5 Å². The van der Waals surface area contributed by atoms with Gasteiger partial charge in [0.05, 0.1) is 10.7 Å². The molecule has 3 aromatic rings. The summed E-state index contributed by atoms with van der Waals surface area (Å²) in [4.78, 5) is 0. The zero-order chi connectivity index (χ0) is 17.9. The van der Waals surface area contributed by atoms with Crippen LogP contribution in [0.15, 0.2) is 65.7 Å². The Kier molecular flexibility index (Phi) is 5.46. The fraction of sp³-hybridized carbons (Fsp3) is 0.304. The summed E-state index contributed by atoms with van der Waals surface area (Å²) in [7, 11) is 0. The maximum Gasteiger partial charge on any atom is 0.106 e. The minimum atomic E-state index is 0.305.